The number of aliphatic carboxylic acids is 1. The van der Waals surface area contributed by atoms with Crippen molar-refractivity contribution in [1.29, 1.82) is 0 Å². The molecule has 2 aliphatic rings. The number of methoxy groups -OCH3 is 1. The van der Waals surface area contributed by atoms with E-state index in [-0.39, 0.29) is 24.5 Å². The van der Waals surface area contributed by atoms with E-state index in [4.69, 9.17) is 4.74 Å². The lowest BCUT2D eigenvalue weighted by molar-refractivity contribution is -0.385. The van der Waals surface area contributed by atoms with E-state index < -0.39 is 40.7 Å². The van der Waals surface area contributed by atoms with Crippen molar-refractivity contribution in [2.45, 2.75) is 24.9 Å². The number of nitro benzene ring substituents is 1. The van der Waals surface area contributed by atoms with Crippen molar-refractivity contribution >= 4 is 23.3 Å². The van der Waals surface area contributed by atoms with Crippen LogP contribution in [0, 0.1) is 22.0 Å². The van der Waals surface area contributed by atoms with Gasteiger partial charge in [0, 0.05) is 37.5 Å². The maximum atomic E-state index is 12.6. The van der Waals surface area contributed by atoms with Gasteiger partial charge < -0.3 is 14.7 Å². The number of ketones is 1. The summed E-state index contributed by atoms with van der Waals surface area (Å²) in [6, 6.07) is 3.65. The van der Waals surface area contributed by atoms with E-state index >= 15 is 0 Å². The number of hydrogen-bond donors (Lipinski definition) is 1. The first-order valence-electron chi connectivity index (χ1n) is 8.16. The van der Waals surface area contributed by atoms with Crippen molar-refractivity contribution in [2.24, 2.45) is 11.8 Å². The predicted octanol–water partition coefficient (Wildman–Crippen LogP) is 1.17. The fourth-order valence-corrected chi connectivity index (χ4v) is 4.21. The van der Waals surface area contributed by atoms with E-state index in [0.29, 0.717) is 12.0 Å². The lowest BCUT2D eigenvalue weighted by atomic mass is 9.86. The number of non-ortho nitro benzene ring substituents is 1. The van der Waals surface area contributed by atoms with Crippen LogP contribution in [0.3, 0.4) is 0 Å². The van der Waals surface area contributed by atoms with Crippen molar-refractivity contribution in [3.8, 4) is 0 Å². The number of nitro groups is 1. The van der Waals surface area contributed by atoms with Crippen LogP contribution in [0.25, 0.3) is 0 Å². The summed E-state index contributed by atoms with van der Waals surface area (Å²) in [6.07, 6.45) is 0.625. The summed E-state index contributed by atoms with van der Waals surface area (Å²) in [5, 5.41) is 20.8. The molecule has 26 heavy (non-hydrogen) atoms. The quantitative estimate of drug-likeness (QED) is 0.615. The Morgan fingerprint density at radius 3 is 2.77 bits per heavy atom. The Morgan fingerprint density at radius 1 is 1.42 bits per heavy atom. The molecule has 138 valence electrons. The van der Waals surface area contributed by atoms with Gasteiger partial charge >= 0.3 is 5.97 Å². The van der Waals surface area contributed by atoms with Crippen LogP contribution in [0.5, 0.6) is 0 Å². The zero-order valence-electron chi connectivity index (χ0n) is 14.0. The van der Waals surface area contributed by atoms with Crippen molar-refractivity contribution in [1.82, 2.24) is 4.90 Å². The summed E-state index contributed by atoms with van der Waals surface area (Å²) in [5.41, 5.74) is 0.208. The first-order chi connectivity index (χ1) is 12.4. The molecule has 9 nitrogen and oxygen atoms in total. The molecule has 1 saturated heterocycles. The molecule has 1 aliphatic heterocycles. The van der Waals surface area contributed by atoms with E-state index in [1.165, 1.54) is 25.3 Å². The van der Waals surface area contributed by atoms with E-state index in [1.54, 1.807) is 6.07 Å². The zero-order chi connectivity index (χ0) is 19.0. The van der Waals surface area contributed by atoms with Gasteiger partial charge in [-0.05, 0) is 12.0 Å². The number of nitrogens with zero attached hydrogens (tertiary/aromatic N) is 2. The number of hydrogen-bond acceptors (Lipinski definition) is 6. The standard InChI is InChI=1S/C17H18N2O7/c1-26-8-13(21)18-15(9-3-2-4-10(7-9)19(24)25)14-11(5-6-12(14)20)16(18)17(22)23/h2-4,7,11,14-16H,5-6,8H2,1H3,(H,22,23). The van der Waals surface area contributed by atoms with Crippen LogP contribution in [0.4, 0.5) is 5.69 Å². The second kappa shape index (κ2) is 6.83. The number of rotatable bonds is 5. The van der Waals surface area contributed by atoms with Crippen LogP contribution in [0.1, 0.15) is 24.4 Å². The Bertz CT molecular complexity index is 778. The van der Waals surface area contributed by atoms with Crippen LogP contribution < -0.4 is 0 Å². The number of carboxylic acids is 1. The Balaban J connectivity index is 2.12. The summed E-state index contributed by atoms with van der Waals surface area (Å²) >= 11 is 0. The molecule has 1 aromatic carbocycles. The molecule has 0 radical (unpaired) electrons. The first-order valence-corrected chi connectivity index (χ1v) is 8.16. The molecule has 1 saturated carbocycles. The highest BCUT2D eigenvalue weighted by Crippen LogP contribution is 2.51. The van der Waals surface area contributed by atoms with Crippen LogP contribution >= 0.6 is 0 Å². The Labute approximate surface area is 148 Å². The summed E-state index contributed by atoms with van der Waals surface area (Å²) in [6.45, 7) is -0.331. The molecule has 9 heteroatoms. The molecule has 4 unspecified atom stereocenters. The SMILES string of the molecule is COCC(=O)N1C(C(=O)O)C2CCC(=O)C2C1c1cccc([N+](=O)[O-])c1. The molecule has 2 fully saturated rings. The van der Waals surface area contributed by atoms with Crippen LogP contribution in [0.2, 0.25) is 0 Å². The molecule has 0 spiro atoms. The van der Waals surface area contributed by atoms with Gasteiger partial charge in [0.2, 0.25) is 5.91 Å². The van der Waals surface area contributed by atoms with Gasteiger partial charge in [-0.25, -0.2) is 4.79 Å². The van der Waals surface area contributed by atoms with Gasteiger partial charge in [-0.15, -0.1) is 0 Å². The normalized spacial score (nSPS) is 27.4. The molecule has 1 heterocycles. The molecular weight excluding hydrogens is 344 g/mol. The lowest BCUT2D eigenvalue weighted by Gasteiger charge is -2.30. The number of carbonyl (C=O) groups excluding carboxylic acids is 2. The van der Waals surface area contributed by atoms with E-state index in [2.05, 4.69) is 0 Å². The average Bonchev–Trinajstić information content (AvgIpc) is 3.13. The largest absolute Gasteiger partial charge is 0.480 e. The summed E-state index contributed by atoms with van der Waals surface area (Å²) in [7, 11) is 1.32. The predicted molar refractivity (Wildman–Crippen MR) is 87.2 cm³/mol. The second-order valence-corrected chi connectivity index (χ2v) is 6.51. The molecule has 1 aliphatic carbocycles. The highest BCUT2D eigenvalue weighted by molar-refractivity contribution is 5.92. The van der Waals surface area contributed by atoms with E-state index in [0.717, 1.165) is 4.90 Å². The minimum Gasteiger partial charge on any atom is -0.480 e. The zero-order valence-corrected chi connectivity index (χ0v) is 14.0. The van der Waals surface area contributed by atoms with E-state index in [9.17, 15) is 29.6 Å². The van der Waals surface area contributed by atoms with Crippen LogP contribution in [-0.4, -0.2) is 52.3 Å². The topological polar surface area (TPSA) is 127 Å². The molecular formula is C17H18N2O7. The van der Waals surface area contributed by atoms with Crippen LogP contribution in [-0.2, 0) is 19.1 Å². The van der Waals surface area contributed by atoms with Crippen molar-refractivity contribution in [3.63, 3.8) is 0 Å². The summed E-state index contributed by atoms with van der Waals surface area (Å²) in [5.74, 6) is -3.06. The molecule has 0 bridgehead atoms. The van der Waals surface area contributed by atoms with Crippen molar-refractivity contribution in [2.75, 3.05) is 13.7 Å². The third-order valence-electron chi connectivity index (χ3n) is 5.13. The maximum absolute atomic E-state index is 12.6. The number of benzene rings is 1. The highest BCUT2D eigenvalue weighted by Gasteiger charge is 2.59. The fraction of sp³-hybridized carbons (Fsp3) is 0.471. The minimum atomic E-state index is -1.19. The second-order valence-electron chi connectivity index (χ2n) is 6.51. The molecule has 1 aromatic rings. The lowest BCUT2D eigenvalue weighted by Crippen LogP contribution is -2.45. The highest BCUT2D eigenvalue weighted by atomic mass is 16.6. The number of carboxylic acid groups (broad SMARTS) is 1. The van der Waals surface area contributed by atoms with Crippen molar-refractivity contribution < 1.29 is 29.2 Å². The monoisotopic (exact) mass is 362 g/mol. The average molecular weight is 362 g/mol. The molecule has 1 N–H and O–H groups in total. The van der Waals surface area contributed by atoms with Crippen LogP contribution in [0.15, 0.2) is 24.3 Å². The smallest absolute Gasteiger partial charge is 0.326 e. The van der Waals surface area contributed by atoms with Gasteiger partial charge in [-0.1, -0.05) is 12.1 Å². The number of ether oxygens (including phenoxy) is 1. The fourth-order valence-electron chi connectivity index (χ4n) is 4.21. The Kier molecular flexibility index (Phi) is 4.73. The third-order valence-corrected chi connectivity index (χ3v) is 5.13. The summed E-state index contributed by atoms with van der Waals surface area (Å²) in [4.78, 5) is 48.6. The molecule has 4 atom stereocenters. The maximum Gasteiger partial charge on any atom is 0.326 e. The molecule has 1 amide bonds. The van der Waals surface area contributed by atoms with Gasteiger partial charge in [0.05, 0.1) is 11.0 Å². The Hall–Kier alpha value is -2.81. The molecule has 0 aromatic heterocycles. The number of Topliss-reactive ketones (excluding diaryl/α,β-unsaturated/α-hetero) is 1. The van der Waals surface area contributed by atoms with E-state index in [1.807, 2.05) is 0 Å². The number of fused-ring (bicyclic) bond motifs is 1. The molecule has 3 rings (SSSR count). The number of amides is 1. The third kappa shape index (κ3) is 2.84. The van der Waals surface area contributed by atoms with Crippen molar-refractivity contribution in [3.05, 3.63) is 39.9 Å². The summed E-state index contributed by atoms with van der Waals surface area (Å²) < 4.78 is 4.86. The van der Waals surface area contributed by atoms with Gasteiger partial charge in [0.25, 0.3) is 5.69 Å². The van der Waals surface area contributed by atoms with Gasteiger partial charge in [0.1, 0.15) is 18.4 Å². The van der Waals surface area contributed by atoms with Gasteiger partial charge in [-0.2, -0.15) is 0 Å². The Morgan fingerprint density at radius 2 is 2.15 bits per heavy atom. The van der Waals surface area contributed by atoms with Gasteiger partial charge in [0.15, 0.2) is 0 Å². The first kappa shape index (κ1) is 18.0. The van der Waals surface area contributed by atoms with Gasteiger partial charge in [-0.3, -0.25) is 19.7 Å². The minimum absolute atomic E-state index is 0.120. The number of carbonyl (C=O) groups is 3. The number of likely N-dealkylation sites (tertiary alicyclic amines) is 1.